The van der Waals surface area contributed by atoms with E-state index in [0.717, 1.165) is 0 Å². The predicted octanol–water partition coefficient (Wildman–Crippen LogP) is 1.87. The second kappa shape index (κ2) is 4.12. The van der Waals surface area contributed by atoms with Gasteiger partial charge in [-0.3, -0.25) is 4.79 Å². The summed E-state index contributed by atoms with van der Waals surface area (Å²) >= 11 is 5.42. The lowest BCUT2D eigenvalue weighted by atomic mass is 9.99. The molecule has 0 amide bonds. The molecule has 3 nitrogen and oxygen atoms in total. The van der Waals surface area contributed by atoms with Crippen molar-refractivity contribution in [1.29, 1.82) is 5.26 Å². The summed E-state index contributed by atoms with van der Waals surface area (Å²) in [6.07, 6.45) is 0. The Morgan fingerprint density at radius 3 is 2.79 bits per heavy atom. The highest BCUT2D eigenvalue weighted by molar-refractivity contribution is 6.30. The second-order valence-corrected chi connectivity index (χ2v) is 3.20. The first-order valence-electron chi connectivity index (χ1n) is 3.99. The number of carbonyl (C=O) groups is 1. The lowest BCUT2D eigenvalue weighted by Crippen LogP contribution is -2.06. The fraction of sp³-hybridized carbons (Fsp3) is 0.200. The first kappa shape index (κ1) is 10.6. The molecule has 1 aromatic carbocycles. The number of alkyl halides is 1. The summed E-state index contributed by atoms with van der Waals surface area (Å²) in [6, 6.07) is 5.11. The fourth-order valence-corrected chi connectivity index (χ4v) is 1.40. The molecule has 0 bridgehead atoms. The van der Waals surface area contributed by atoms with Crippen LogP contribution in [0.15, 0.2) is 12.1 Å². The van der Waals surface area contributed by atoms with Crippen molar-refractivity contribution in [2.45, 2.75) is 6.92 Å². The third kappa shape index (κ3) is 1.86. The van der Waals surface area contributed by atoms with Crippen molar-refractivity contribution in [3.63, 3.8) is 0 Å². The van der Waals surface area contributed by atoms with Gasteiger partial charge in [-0.1, -0.05) is 0 Å². The van der Waals surface area contributed by atoms with Crippen LogP contribution in [0.1, 0.15) is 21.5 Å². The summed E-state index contributed by atoms with van der Waals surface area (Å²) in [6.45, 7) is 1.74. The molecule has 0 aromatic heterocycles. The van der Waals surface area contributed by atoms with E-state index in [1.165, 1.54) is 6.07 Å². The molecule has 0 saturated carbocycles. The number of ketones is 1. The summed E-state index contributed by atoms with van der Waals surface area (Å²) in [5.41, 5.74) is 7.39. The van der Waals surface area contributed by atoms with Gasteiger partial charge in [0.1, 0.15) is 6.07 Å². The number of Topliss-reactive ketones (excluding diaryl/α,β-unsaturated/α-hetero) is 1. The molecule has 0 heterocycles. The van der Waals surface area contributed by atoms with Crippen molar-refractivity contribution in [3.05, 3.63) is 28.8 Å². The van der Waals surface area contributed by atoms with Crippen molar-refractivity contribution in [2.24, 2.45) is 0 Å². The Morgan fingerprint density at radius 2 is 2.29 bits per heavy atom. The van der Waals surface area contributed by atoms with Crippen LogP contribution in [0.4, 0.5) is 5.69 Å². The Hall–Kier alpha value is -1.53. The van der Waals surface area contributed by atoms with E-state index >= 15 is 0 Å². The van der Waals surface area contributed by atoms with Crippen molar-refractivity contribution in [1.82, 2.24) is 0 Å². The number of nitrogens with two attached hydrogens (primary N) is 1. The van der Waals surface area contributed by atoms with Crippen LogP contribution in [-0.2, 0) is 0 Å². The van der Waals surface area contributed by atoms with Gasteiger partial charge in [0.05, 0.1) is 11.4 Å². The molecule has 1 aromatic rings. The quantitative estimate of drug-likeness (QED) is 0.458. The number of rotatable bonds is 2. The molecule has 0 radical (unpaired) electrons. The molecular formula is C10H9ClN2O. The van der Waals surface area contributed by atoms with E-state index in [1.54, 1.807) is 13.0 Å². The molecule has 0 atom stereocenters. The topological polar surface area (TPSA) is 66.9 Å². The van der Waals surface area contributed by atoms with E-state index in [0.29, 0.717) is 22.4 Å². The van der Waals surface area contributed by atoms with Gasteiger partial charge in [-0.15, -0.1) is 11.6 Å². The lowest BCUT2D eigenvalue weighted by Gasteiger charge is -2.05. The Balaban J connectivity index is 3.41. The zero-order valence-corrected chi connectivity index (χ0v) is 8.43. The zero-order valence-electron chi connectivity index (χ0n) is 7.67. The monoisotopic (exact) mass is 208 g/mol. The number of carbonyl (C=O) groups excluding carboxylic acids is 1. The molecule has 14 heavy (non-hydrogen) atoms. The van der Waals surface area contributed by atoms with Gasteiger partial charge in [-0.05, 0) is 24.6 Å². The van der Waals surface area contributed by atoms with Gasteiger partial charge in [0.2, 0.25) is 0 Å². The summed E-state index contributed by atoms with van der Waals surface area (Å²) in [5, 5.41) is 8.85. The molecule has 0 saturated heterocycles. The molecule has 4 heteroatoms. The normalized spacial score (nSPS) is 9.50. The number of anilines is 1. The molecule has 0 fully saturated rings. The number of nitriles is 1. The van der Waals surface area contributed by atoms with Gasteiger partial charge in [0.15, 0.2) is 5.78 Å². The highest BCUT2D eigenvalue weighted by Gasteiger charge is 2.13. The fourth-order valence-electron chi connectivity index (χ4n) is 1.26. The highest BCUT2D eigenvalue weighted by Crippen LogP contribution is 2.18. The number of hydrogen-bond donors (Lipinski definition) is 1. The number of halogens is 1. The smallest absolute Gasteiger partial charge is 0.178 e. The Labute approximate surface area is 87.1 Å². The zero-order chi connectivity index (χ0) is 10.7. The van der Waals surface area contributed by atoms with Gasteiger partial charge >= 0.3 is 0 Å². The van der Waals surface area contributed by atoms with Crippen LogP contribution in [-0.4, -0.2) is 11.7 Å². The molecule has 0 spiro atoms. The van der Waals surface area contributed by atoms with Crippen LogP contribution in [0.5, 0.6) is 0 Å². The van der Waals surface area contributed by atoms with E-state index in [1.807, 2.05) is 6.07 Å². The maximum absolute atomic E-state index is 11.4. The minimum Gasteiger partial charge on any atom is -0.399 e. The van der Waals surface area contributed by atoms with E-state index in [9.17, 15) is 4.79 Å². The SMILES string of the molecule is Cc1cc(N)cc(C(=O)CCl)c1C#N. The molecule has 0 aliphatic rings. The molecule has 1 rings (SSSR count). The first-order valence-corrected chi connectivity index (χ1v) is 4.53. The molecule has 0 aliphatic heterocycles. The minimum absolute atomic E-state index is 0.141. The van der Waals surface area contributed by atoms with Crippen LogP contribution in [0, 0.1) is 18.3 Å². The van der Waals surface area contributed by atoms with Crippen LogP contribution in [0.2, 0.25) is 0 Å². The van der Waals surface area contributed by atoms with Gasteiger partial charge in [0, 0.05) is 11.3 Å². The van der Waals surface area contributed by atoms with Crippen LogP contribution in [0.25, 0.3) is 0 Å². The standard InChI is InChI=1S/C10H9ClN2O/c1-6-2-7(13)3-8(9(6)5-12)10(14)4-11/h2-3H,4,13H2,1H3. The minimum atomic E-state index is -0.279. The van der Waals surface area contributed by atoms with Crippen molar-refractivity contribution in [2.75, 3.05) is 11.6 Å². The van der Waals surface area contributed by atoms with E-state index in [2.05, 4.69) is 0 Å². The number of nitrogen functional groups attached to an aromatic ring is 1. The van der Waals surface area contributed by atoms with Crippen LogP contribution < -0.4 is 5.73 Å². The van der Waals surface area contributed by atoms with Crippen molar-refractivity contribution >= 4 is 23.1 Å². The second-order valence-electron chi connectivity index (χ2n) is 2.93. The van der Waals surface area contributed by atoms with Crippen LogP contribution in [0.3, 0.4) is 0 Å². The number of benzene rings is 1. The molecule has 0 aliphatic carbocycles. The maximum atomic E-state index is 11.4. The number of hydrogen-bond acceptors (Lipinski definition) is 3. The van der Waals surface area contributed by atoms with Crippen LogP contribution >= 0.6 is 11.6 Å². The highest BCUT2D eigenvalue weighted by atomic mass is 35.5. The van der Waals surface area contributed by atoms with Gasteiger partial charge in [-0.25, -0.2) is 0 Å². The van der Waals surface area contributed by atoms with E-state index < -0.39 is 0 Å². The van der Waals surface area contributed by atoms with Gasteiger partial charge < -0.3 is 5.73 Å². The van der Waals surface area contributed by atoms with E-state index in [4.69, 9.17) is 22.6 Å². The molecule has 2 N–H and O–H groups in total. The van der Waals surface area contributed by atoms with Gasteiger partial charge in [0.25, 0.3) is 0 Å². The average Bonchev–Trinajstić information content (AvgIpc) is 2.15. The molecule has 0 unspecified atom stereocenters. The lowest BCUT2D eigenvalue weighted by molar-refractivity contribution is 0.102. The first-order chi connectivity index (χ1) is 6.60. The summed E-state index contributed by atoms with van der Waals surface area (Å²) in [7, 11) is 0. The van der Waals surface area contributed by atoms with E-state index in [-0.39, 0.29) is 11.7 Å². The number of aryl methyl sites for hydroxylation is 1. The van der Waals surface area contributed by atoms with Gasteiger partial charge in [-0.2, -0.15) is 5.26 Å². The Kier molecular flexibility index (Phi) is 3.10. The maximum Gasteiger partial charge on any atom is 0.178 e. The third-order valence-electron chi connectivity index (χ3n) is 1.89. The Bertz CT molecular complexity index is 421. The average molecular weight is 209 g/mol. The predicted molar refractivity (Wildman–Crippen MR) is 55.4 cm³/mol. The molecular weight excluding hydrogens is 200 g/mol. The summed E-state index contributed by atoms with van der Waals surface area (Å²) in [4.78, 5) is 11.4. The Morgan fingerprint density at radius 1 is 1.64 bits per heavy atom. The third-order valence-corrected chi connectivity index (χ3v) is 2.13. The molecule has 72 valence electrons. The van der Waals surface area contributed by atoms with Crippen molar-refractivity contribution < 1.29 is 4.79 Å². The number of nitrogens with zero attached hydrogens (tertiary/aromatic N) is 1. The van der Waals surface area contributed by atoms with Crippen molar-refractivity contribution in [3.8, 4) is 6.07 Å². The summed E-state index contributed by atoms with van der Waals surface area (Å²) in [5.74, 6) is -0.420. The summed E-state index contributed by atoms with van der Waals surface area (Å²) < 4.78 is 0. The largest absolute Gasteiger partial charge is 0.399 e.